The predicted molar refractivity (Wildman–Crippen MR) is 154 cm³/mol. The lowest BCUT2D eigenvalue weighted by Gasteiger charge is -2.52. The van der Waals surface area contributed by atoms with Gasteiger partial charge in [0.15, 0.2) is 5.13 Å². The van der Waals surface area contributed by atoms with Gasteiger partial charge in [0.05, 0.1) is 5.69 Å². The summed E-state index contributed by atoms with van der Waals surface area (Å²) in [5, 5.41) is 20.8. The molecule has 0 saturated heterocycles. The molecular formula is C32H25N3O3S. The van der Waals surface area contributed by atoms with Crippen LogP contribution in [0.3, 0.4) is 0 Å². The average Bonchev–Trinajstić information content (AvgIpc) is 3.41. The number of nitrogens with zero attached hydrogens (tertiary/aromatic N) is 2. The van der Waals surface area contributed by atoms with Gasteiger partial charge in [0.2, 0.25) is 5.91 Å². The molecule has 1 unspecified atom stereocenters. The summed E-state index contributed by atoms with van der Waals surface area (Å²) >= 11 is 1.33. The zero-order chi connectivity index (χ0) is 26.9. The molecule has 3 aliphatic rings. The van der Waals surface area contributed by atoms with Crippen molar-refractivity contribution in [1.82, 2.24) is 4.98 Å². The van der Waals surface area contributed by atoms with Gasteiger partial charge in [-0.1, -0.05) is 84.9 Å². The second kappa shape index (κ2) is 8.32. The van der Waals surface area contributed by atoms with Gasteiger partial charge < -0.3 is 5.32 Å². The molecule has 6 nitrogen and oxygen atoms in total. The van der Waals surface area contributed by atoms with Crippen LogP contribution in [-0.2, 0) is 10.3 Å². The van der Waals surface area contributed by atoms with Crippen LogP contribution in [0.5, 0.6) is 0 Å². The van der Waals surface area contributed by atoms with E-state index >= 15 is 0 Å². The molecule has 0 aliphatic heterocycles. The van der Waals surface area contributed by atoms with Crippen LogP contribution in [0, 0.1) is 22.5 Å². The van der Waals surface area contributed by atoms with E-state index in [0.717, 1.165) is 33.2 Å². The van der Waals surface area contributed by atoms with Crippen molar-refractivity contribution in [3.8, 4) is 11.3 Å². The first-order chi connectivity index (χ1) is 18.9. The van der Waals surface area contributed by atoms with E-state index in [2.05, 4.69) is 36.5 Å². The highest BCUT2D eigenvalue weighted by molar-refractivity contribution is 7.14. The van der Waals surface area contributed by atoms with Crippen molar-refractivity contribution in [2.24, 2.45) is 5.41 Å². The number of anilines is 1. The van der Waals surface area contributed by atoms with Crippen molar-refractivity contribution in [2.75, 3.05) is 5.32 Å². The summed E-state index contributed by atoms with van der Waals surface area (Å²) in [4.78, 5) is 31.9. The van der Waals surface area contributed by atoms with Gasteiger partial charge in [-0.2, -0.15) is 0 Å². The van der Waals surface area contributed by atoms with E-state index in [4.69, 9.17) is 4.98 Å². The first-order valence-corrected chi connectivity index (χ1v) is 13.8. The van der Waals surface area contributed by atoms with Crippen LogP contribution in [0.4, 0.5) is 5.13 Å². The summed E-state index contributed by atoms with van der Waals surface area (Å²) in [7, 11) is 0. The maximum absolute atomic E-state index is 14.2. The molecule has 7 heteroatoms. The lowest BCUT2D eigenvalue weighted by Crippen LogP contribution is -2.62. The number of amides is 1. The summed E-state index contributed by atoms with van der Waals surface area (Å²) in [5.41, 5.74) is 2.98. The zero-order valence-electron chi connectivity index (χ0n) is 21.5. The van der Waals surface area contributed by atoms with E-state index in [1.165, 1.54) is 16.9 Å². The maximum atomic E-state index is 14.2. The number of carbonyl (C=O) groups excluding carboxylic acids is 1. The van der Waals surface area contributed by atoms with Crippen LogP contribution in [0.1, 0.15) is 47.1 Å². The Balaban J connectivity index is 1.31. The third kappa shape index (κ3) is 3.08. The predicted octanol–water partition coefficient (Wildman–Crippen LogP) is 7.29. The third-order valence-electron chi connectivity index (χ3n) is 8.78. The van der Waals surface area contributed by atoms with Gasteiger partial charge in [-0.3, -0.25) is 14.9 Å². The SMILES string of the molecule is Cc1ccc(-c2csc(NC(=O)C3(C)CC4c5ccccc5C3([N+](=O)[O-])c3ccccc34)n2)c2ccccc12. The van der Waals surface area contributed by atoms with E-state index in [0.29, 0.717) is 22.7 Å². The molecule has 1 heterocycles. The number of hydrogen-bond acceptors (Lipinski definition) is 5. The molecule has 1 aromatic heterocycles. The second-order valence-corrected chi connectivity index (χ2v) is 11.6. The van der Waals surface area contributed by atoms with E-state index in [9.17, 15) is 14.9 Å². The van der Waals surface area contributed by atoms with Crippen molar-refractivity contribution in [1.29, 1.82) is 0 Å². The van der Waals surface area contributed by atoms with Crippen LogP contribution < -0.4 is 5.32 Å². The molecule has 0 spiro atoms. The standard InChI is InChI=1S/C32H25N3O3S/c1-19-15-16-24(21-10-4-3-9-20(19)21)28-18-39-30(33-28)34-29(36)31(2)17-25-22-11-5-7-13-26(22)32(31,35(37)38)27-14-8-6-12-23(25)27/h3-16,18,25H,17H2,1-2H3,(H,33,34,36). The van der Waals surface area contributed by atoms with E-state index in [1.807, 2.05) is 66.0 Å². The molecule has 1 amide bonds. The van der Waals surface area contributed by atoms with E-state index < -0.39 is 11.0 Å². The zero-order valence-corrected chi connectivity index (χ0v) is 22.3. The van der Waals surface area contributed by atoms with Crippen molar-refractivity contribution in [2.45, 2.75) is 31.7 Å². The topological polar surface area (TPSA) is 85.1 Å². The minimum atomic E-state index is -1.70. The molecule has 1 atom stereocenters. The minimum Gasteiger partial charge on any atom is -0.301 e. The molecule has 0 radical (unpaired) electrons. The maximum Gasteiger partial charge on any atom is 0.286 e. The Morgan fingerprint density at radius 3 is 2.23 bits per heavy atom. The van der Waals surface area contributed by atoms with E-state index in [1.54, 1.807) is 6.92 Å². The van der Waals surface area contributed by atoms with Gasteiger partial charge in [0.25, 0.3) is 5.54 Å². The van der Waals surface area contributed by atoms with Crippen LogP contribution in [0.25, 0.3) is 22.0 Å². The van der Waals surface area contributed by atoms with Crippen molar-refractivity contribution >= 4 is 33.1 Å². The molecule has 2 bridgehead atoms. The summed E-state index contributed by atoms with van der Waals surface area (Å²) in [6.45, 7) is 3.82. The summed E-state index contributed by atoms with van der Waals surface area (Å²) < 4.78 is 0. The van der Waals surface area contributed by atoms with Gasteiger partial charge in [0.1, 0.15) is 5.41 Å². The van der Waals surface area contributed by atoms with Crippen LogP contribution in [-0.4, -0.2) is 15.8 Å². The lowest BCUT2D eigenvalue weighted by molar-refractivity contribution is -0.587. The highest BCUT2D eigenvalue weighted by Gasteiger charge is 2.72. The van der Waals surface area contributed by atoms with Gasteiger partial charge in [-0.25, -0.2) is 4.98 Å². The number of benzene rings is 4. The summed E-state index contributed by atoms with van der Waals surface area (Å²) in [6, 6.07) is 27.4. The summed E-state index contributed by atoms with van der Waals surface area (Å²) in [6.07, 6.45) is 0.342. The number of aryl methyl sites for hydroxylation is 1. The molecule has 0 fully saturated rings. The Bertz CT molecular complexity index is 1780. The molecular weight excluding hydrogens is 506 g/mol. The number of fused-ring (bicyclic) bond motifs is 2. The number of aromatic nitrogens is 1. The fraction of sp³-hybridized carbons (Fsp3) is 0.188. The molecule has 192 valence electrons. The molecule has 4 aromatic carbocycles. The first kappa shape index (κ1) is 23.7. The number of nitro groups is 1. The number of nitrogens with one attached hydrogen (secondary N) is 1. The minimum absolute atomic E-state index is 0.0965. The molecule has 3 aliphatic carbocycles. The molecule has 1 N–H and O–H groups in total. The lowest BCUT2D eigenvalue weighted by atomic mass is 9.48. The highest BCUT2D eigenvalue weighted by atomic mass is 32.1. The number of thiazole rings is 1. The Kier molecular flexibility index (Phi) is 5.06. The first-order valence-electron chi connectivity index (χ1n) is 13.0. The molecule has 8 rings (SSSR count). The monoisotopic (exact) mass is 531 g/mol. The van der Waals surface area contributed by atoms with Crippen molar-refractivity contribution < 1.29 is 9.72 Å². The van der Waals surface area contributed by atoms with E-state index in [-0.39, 0.29) is 16.7 Å². The third-order valence-corrected chi connectivity index (χ3v) is 9.54. The van der Waals surface area contributed by atoms with Crippen LogP contribution >= 0.6 is 11.3 Å². The van der Waals surface area contributed by atoms with Crippen molar-refractivity contribution in [3.05, 3.63) is 128 Å². The second-order valence-electron chi connectivity index (χ2n) is 10.7. The molecule has 0 saturated carbocycles. The number of rotatable bonds is 4. The summed E-state index contributed by atoms with van der Waals surface area (Å²) in [5.74, 6) is -0.483. The highest BCUT2D eigenvalue weighted by Crippen LogP contribution is 2.64. The fourth-order valence-electron chi connectivity index (χ4n) is 6.96. The van der Waals surface area contributed by atoms with Gasteiger partial charge >= 0.3 is 0 Å². The van der Waals surface area contributed by atoms with Gasteiger partial charge in [-0.15, -0.1) is 11.3 Å². The van der Waals surface area contributed by atoms with Gasteiger partial charge in [0, 0.05) is 32.9 Å². The Morgan fingerprint density at radius 1 is 0.949 bits per heavy atom. The quantitative estimate of drug-likeness (QED) is 0.195. The van der Waals surface area contributed by atoms with Crippen LogP contribution in [0.2, 0.25) is 0 Å². The number of hydrogen-bond donors (Lipinski definition) is 1. The van der Waals surface area contributed by atoms with Crippen LogP contribution in [0.15, 0.2) is 90.3 Å². The van der Waals surface area contributed by atoms with Gasteiger partial charge in [-0.05, 0) is 47.7 Å². The van der Waals surface area contributed by atoms with Crippen molar-refractivity contribution in [3.63, 3.8) is 0 Å². The average molecular weight is 532 g/mol. The largest absolute Gasteiger partial charge is 0.301 e. The molecule has 39 heavy (non-hydrogen) atoms. The Labute approximate surface area is 229 Å². The normalized spacial score (nSPS) is 22.8. The molecule has 5 aromatic rings. The fourth-order valence-corrected chi connectivity index (χ4v) is 7.67. The number of carbonyl (C=O) groups is 1. The Hall–Kier alpha value is -4.36. The smallest absolute Gasteiger partial charge is 0.286 e. The Morgan fingerprint density at radius 2 is 1.56 bits per heavy atom.